The molecule has 0 amide bonds. The maximum Gasteiger partial charge on any atom is 0.0953 e. The molecule has 0 aromatic carbocycles. The number of imidazole rings is 1. The molecule has 2 heterocycles. The smallest absolute Gasteiger partial charge is 0.0953 e. The molecular formula is C11H19N3O. The van der Waals surface area contributed by atoms with Gasteiger partial charge in [-0.15, -0.1) is 0 Å². The lowest BCUT2D eigenvalue weighted by Crippen LogP contribution is -2.14. The van der Waals surface area contributed by atoms with Crippen LogP contribution in [-0.2, 0) is 11.3 Å². The number of hydrogen-bond acceptors (Lipinski definition) is 3. The Labute approximate surface area is 90.6 Å². The molecule has 1 atom stereocenters. The molecule has 4 nitrogen and oxygen atoms in total. The van der Waals surface area contributed by atoms with Crippen LogP contribution in [0.5, 0.6) is 0 Å². The number of rotatable bonds is 5. The van der Waals surface area contributed by atoms with Gasteiger partial charge in [-0.05, 0) is 19.4 Å². The van der Waals surface area contributed by atoms with Gasteiger partial charge in [0, 0.05) is 19.3 Å². The highest BCUT2D eigenvalue weighted by atomic mass is 16.5. The van der Waals surface area contributed by atoms with Gasteiger partial charge in [0.2, 0.25) is 0 Å². The molecule has 1 N–H and O–H groups in total. The number of nitrogens with one attached hydrogen (secondary N) is 1. The summed E-state index contributed by atoms with van der Waals surface area (Å²) in [7, 11) is 0. The average Bonchev–Trinajstić information content (AvgIpc) is 2.87. The first-order chi connectivity index (χ1) is 7.40. The van der Waals surface area contributed by atoms with Crippen LogP contribution in [0.15, 0.2) is 12.5 Å². The van der Waals surface area contributed by atoms with E-state index in [2.05, 4.69) is 28.0 Å². The van der Waals surface area contributed by atoms with Crippen molar-refractivity contribution >= 4 is 0 Å². The Balaban J connectivity index is 1.86. The van der Waals surface area contributed by atoms with Crippen LogP contribution in [0, 0.1) is 0 Å². The van der Waals surface area contributed by atoms with Crippen LogP contribution in [0.2, 0.25) is 0 Å². The Morgan fingerprint density at radius 2 is 2.60 bits per heavy atom. The van der Waals surface area contributed by atoms with E-state index in [9.17, 15) is 0 Å². The lowest BCUT2D eigenvalue weighted by atomic mass is 10.2. The summed E-state index contributed by atoms with van der Waals surface area (Å²) in [4.78, 5) is 4.38. The molecule has 1 aromatic heterocycles. The van der Waals surface area contributed by atoms with Gasteiger partial charge < -0.3 is 14.6 Å². The molecule has 0 spiro atoms. The fourth-order valence-corrected chi connectivity index (χ4v) is 1.82. The third-order valence-electron chi connectivity index (χ3n) is 2.72. The number of hydrogen-bond donors (Lipinski definition) is 1. The first-order valence-electron chi connectivity index (χ1n) is 5.71. The van der Waals surface area contributed by atoms with Crippen LogP contribution in [0.25, 0.3) is 0 Å². The van der Waals surface area contributed by atoms with Crippen LogP contribution >= 0.6 is 0 Å². The second-order valence-electron chi connectivity index (χ2n) is 4.01. The van der Waals surface area contributed by atoms with Crippen LogP contribution in [0.4, 0.5) is 0 Å². The molecule has 84 valence electrons. The Morgan fingerprint density at radius 3 is 3.33 bits per heavy atom. The molecular weight excluding hydrogens is 190 g/mol. The maximum atomic E-state index is 5.36. The quantitative estimate of drug-likeness (QED) is 0.744. The van der Waals surface area contributed by atoms with Crippen molar-refractivity contribution in [3.63, 3.8) is 0 Å². The Morgan fingerprint density at radius 1 is 1.67 bits per heavy atom. The summed E-state index contributed by atoms with van der Waals surface area (Å²) >= 11 is 0. The van der Waals surface area contributed by atoms with Crippen molar-refractivity contribution in [1.29, 1.82) is 0 Å². The zero-order chi connectivity index (χ0) is 10.5. The fourth-order valence-electron chi connectivity index (χ4n) is 1.82. The summed E-state index contributed by atoms with van der Waals surface area (Å²) in [6, 6.07) is 0.498. The fraction of sp³-hybridized carbons (Fsp3) is 0.727. The van der Waals surface area contributed by atoms with Crippen molar-refractivity contribution in [3.05, 3.63) is 18.2 Å². The summed E-state index contributed by atoms with van der Waals surface area (Å²) in [5.41, 5.74) is 1.12. The van der Waals surface area contributed by atoms with Crippen molar-refractivity contribution in [1.82, 2.24) is 14.9 Å². The van der Waals surface area contributed by atoms with Crippen molar-refractivity contribution in [2.24, 2.45) is 0 Å². The van der Waals surface area contributed by atoms with Crippen LogP contribution < -0.4 is 5.32 Å². The highest BCUT2D eigenvalue weighted by Crippen LogP contribution is 2.18. The summed E-state index contributed by atoms with van der Waals surface area (Å²) in [5, 5.41) is 3.35. The van der Waals surface area contributed by atoms with Crippen LogP contribution in [0.1, 0.15) is 31.5 Å². The van der Waals surface area contributed by atoms with Gasteiger partial charge in [-0.3, -0.25) is 0 Å². The van der Waals surface area contributed by atoms with Crippen LogP contribution in [-0.4, -0.2) is 29.3 Å². The van der Waals surface area contributed by atoms with Gasteiger partial charge in [0.1, 0.15) is 0 Å². The molecule has 4 heteroatoms. The maximum absolute atomic E-state index is 5.36. The zero-order valence-electron chi connectivity index (χ0n) is 9.28. The standard InChI is InChI=1S/C11H19N3O/c1-2-4-12-6-10-7-14(9-13-10)11-3-5-15-8-11/h7,9,11-12H,2-6,8H2,1H3. The van der Waals surface area contributed by atoms with E-state index in [0.717, 1.165) is 44.8 Å². The van der Waals surface area contributed by atoms with E-state index in [1.54, 1.807) is 0 Å². The molecule has 0 saturated carbocycles. The van der Waals surface area contributed by atoms with Gasteiger partial charge in [0.15, 0.2) is 0 Å². The second-order valence-corrected chi connectivity index (χ2v) is 4.01. The first-order valence-corrected chi connectivity index (χ1v) is 5.71. The monoisotopic (exact) mass is 209 g/mol. The number of nitrogens with zero attached hydrogens (tertiary/aromatic N) is 2. The minimum Gasteiger partial charge on any atom is -0.379 e. The van der Waals surface area contributed by atoms with Crippen molar-refractivity contribution < 1.29 is 4.74 Å². The van der Waals surface area contributed by atoms with Gasteiger partial charge in [0.25, 0.3) is 0 Å². The van der Waals surface area contributed by atoms with Gasteiger partial charge in [-0.25, -0.2) is 4.98 Å². The van der Waals surface area contributed by atoms with Gasteiger partial charge in [0.05, 0.1) is 24.7 Å². The second kappa shape index (κ2) is 5.28. The van der Waals surface area contributed by atoms with Gasteiger partial charge in [-0.2, -0.15) is 0 Å². The topological polar surface area (TPSA) is 39.1 Å². The molecule has 0 radical (unpaired) electrons. The average molecular weight is 209 g/mol. The lowest BCUT2D eigenvalue weighted by molar-refractivity contribution is 0.186. The predicted octanol–water partition coefficient (Wildman–Crippen LogP) is 1.34. The summed E-state index contributed by atoms with van der Waals surface area (Å²) in [6.45, 7) is 5.81. The van der Waals surface area contributed by atoms with Crippen molar-refractivity contribution in [2.45, 2.75) is 32.4 Å². The van der Waals surface area contributed by atoms with Crippen molar-refractivity contribution in [2.75, 3.05) is 19.8 Å². The third-order valence-corrected chi connectivity index (χ3v) is 2.72. The van der Waals surface area contributed by atoms with E-state index < -0.39 is 0 Å². The molecule has 1 saturated heterocycles. The largest absolute Gasteiger partial charge is 0.379 e. The lowest BCUT2D eigenvalue weighted by Gasteiger charge is -2.07. The highest BCUT2D eigenvalue weighted by molar-refractivity contribution is 4.98. The zero-order valence-corrected chi connectivity index (χ0v) is 9.28. The predicted molar refractivity (Wildman–Crippen MR) is 58.7 cm³/mol. The van der Waals surface area contributed by atoms with E-state index in [1.165, 1.54) is 0 Å². The normalized spacial score (nSPS) is 21.0. The van der Waals surface area contributed by atoms with Crippen LogP contribution in [0.3, 0.4) is 0 Å². The summed E-state index contributed by atoms with van der Waals surface area (Å²) < 4.78 is 7.53. The molecule has 1 aliphatic rings. The van der Waals surface area contributed by atoms with E-state index in [1.807, 2.05) is 6.33 Å². The van der Waals surface area contributed by atoms with E-state index in [4.69, 9.17) is 4.74 Å². The molecule has 1 unspecified atom stereocenters. The Hall–Kier alpha value is -0.870. The van der Waals surface area contributed by atoms with Gasteiger partial charge >= 0.3 is 0 Å². The third kappa shape index (κ3) is 2.79. The molecule has 1 aromatic rings. The highest BCUT2D eigenvalue weighted by Gasteiger charge is 2.17. The molecule has 1 aliphatic heterocycles. The number of aromatic nitrogens is 2. The molecule has 15 heavy (non-hydrogen) atoms. The molecule has 0 aliphatic carbocycles. The van der Waals surface area contributed by atoms with E-state index in [0.29, 0.717) is 6.04 Å². The molecule has 1 fully saturated rings. The minimum absolute atomic E-state index is 0.498. The van der Waals surface area contributed by atoms with Gasteiger partial charge in [-0.1, -0.05) is 6.92 Å². The Kier molecular flexibility index (Phi) is 3.75. The first kappa shape index (κ1) is 10.6. The van der Waals surface area contributed by atoms with Crippen molar-refractivity contribution in [3.8, 4) is 0 Å². The molecule has 2 rings (SSSR count). The minimum atomic E-state index is 0.498. The summed E-state index contributed by atoms with van der Waals surface area (Å²) in [5.74, 6) is 0. The summed E-state index contributed by atoms with van der Waals surface area (Å²) in [6.07, 6.45) is 6.32. The number of ether oxygens (including phenoxy) is 1. The van der Waals surface area contributed by atoms with E-state index in [-0.39, 0.29) is 0 Å². The Bertz CT molecular complexity index is 292. The molecule has 0 bridgehead atoms. The SMILES string of the molecule is CCCNCc1cn(C2CCOC2)cn1. The van der Waals surface area contributed by atoms with E-state index >= 15 is 0 Å².